The highest BCUT2D eigenvalue weighted by Crippen LogP contribution is 2.38. The van der Waals surface area contributed by atoms with Crippen LogP contribution in [0.2, 0.25) is 0 Å². The maximum atomic E-state index is 11.6. The molecule has 1 unspecified atom stereocenters. The molecule has 1 aromatic rings. The number of benzene rings is 1. The van der Waals surface area contributed by atoms with E-state index in [0.717, 1.165) is 19.3 Å². The first-order valence-corrected chi connectivity index (χ1v) is 16.4. The summed E-state index contributed by atoms with van der Waals surface area (Å²) in [4.78, 5) is 13.5. The lowest BCUT2D eigenvalue weighted by Gasteiger charge is -2.23. The lowest BCUT2D eigenvalue weighted by atomic mass is 10.0. The quantitative estimate of drug-likeness (QED) is 0.0644. The van der Waals surface area contributed by atoms with E-state index in [-0.39, 0.29) is 20.6 Å². The van der Waals surface area contributed by atoms with E-state index in [1.165, 1.54) is 99.0 Å². The standard InChI is InChI=1S/C28H51INO4P.CH4/c1-30(2)24-26-34-35(31,32)33-25-18-16-14-12-10-8-6-4-3-5-7-9-11-13-15-17-19-27-20-22-28(29)23-21-27;/h20-23H,3-19,24-26H2,1-2H3,(H,31,32);1H4/p-1. The molecule has 0 aromatic heterocycles. The molecule has 0 fully saturated rings. The Morgan fingerprint density at radius 1 is 0.694 bits per heavy atom. The Morgan fingerprint density at radius 3 is 1.53 bits per heavy atom. The minimum absolute atomic E-state index is 0. The highest BCUT2D eigenvalue weighted by atomic mass is 127. The molecule has 0 spiro atoms. The second-order valence-electron chi connectivity index (χ2n) is 9.95. The minimum Gasteiger partial charge on any atom is -0.756 e. The Morgan fingerprint density at radius 2 is 1.08 bits per heavy atom. The van der Waals surface area contributed by atoms with Crippen molar-refractivity contribution < 1.29 is 18.5 Å². The summed E-state index contributed by atoms with van der Waals surface area (Å²) in [7, 11) is -0.383. The van der Waals surface area contributed by atoms with Crippen molar-refractivity contribution in [1.82, 2.24) is 4.90 Å². The van der Waals surface area contributed by atoms with Gasteiger partial charge in [-0.05, 0) is 73.6 Å². The van der Waals surface area contributed by atoms with Gasteiger partial charge in [-0.25, -0.2) is 0 Å². The van der Waals surface area contributed by atoms with E-state index in [1.807, 2.05) is 19.0 Å². The average molecular weight is 639 g/mol. The molecule has 0 saturated carbocycles. The first kappa shape index (κ1) is 36.0. The smallest absolute Gasteiger partial charge is 0.267 e. The molecule has 36 heavy (non-hydrogen) atoms. The zero-order valence-corrected chi connectivity index (χ0v) is 25.4. The van der Waals surface area contributed by atoms with Crippen LogP contribution in [0.5, 0.6) is 0 Å². The molecule has 0 radical (unpaired) electrons. The van der Waals surface area contributed by atoms with Crippen molar-refractivity contribution in [1.29, 1.82) is 0 Å². The molecule has 1 aromatic carbocycles. The van der Waals surface area contributed by atoms with E-state index in [0.29, 0.717) is 6.54 Å². The first-order valence-electron chi connectivity index (χ1n) is 13.9. The largest absolute Gasteiger partial charge is 0.756 e. The molecule has 0 aliphatic rings. The van der Waals surface area contributed by atoms with Crippen molar-refractivity contribution in [3.8, 4) is 0 Å². The average Bonchev–Trinajstić information content (AvgIpc) is 2.81. The van der Waals surface area contributed by atoms with E-state index in [4.69, 9.17) is 9.05 Å². The van der Waals surface area contributed by atoms with Gasteiger partial charge in [-0.15, -0.1) is 0 Å². The van der Waals surface area contributed by atoms with Gasteiger partial charge in [0.1, 0.15) is 0 Å². The normalized spacial score (nSPS) is 13.0. The lowest BCUT2D eigenvalue weighted by Crippen LogP contribution is -2.19. The predicted molar refractivity (Wildman–Crippen MR) is 162 cm³/mol. The lowest BCUT2D eigenvalue weighted by molar-refractivity contribution is -0.225. The summed E-state index contributed by atoms with van der Waals surface area (Å²) in [6.07, 6.45) is 21.8. The maximum absolute atomic E-state index is 11.6. The molecular weight excluding hydrogens is 584 g/mol. The van der Waals surface area contributed by atoms with Gasteiger partial charge in [0.15, 0.2) is 0 Å². The monoisotopic (exact) mass is 638 g/mol. The highest BCUT2D eigenvalue weighted by molar-refractivity contribution is 14.1. The number of hydrogen-bond acceptors (Lipinski definition) is 5. The Kier molecular flexibility index (Phi) is 24.1. The van der Waals surface area contributed by atoms with E-state index in [9.17, 15) is 9.46 Å². The van der Waals surface area contributed by atoms with Gasteiger partial charge in [-0.3, -0.25) is 4.57 Å². The van der Waals surface area contributed by atoms with Crippen LogP contribution in [0.15, 0.2) is 24.3 Å². The third-order valence-corrected chi connectivity index (χ3v) is 8.03. The van der Waals surface area contributed by atoms with Crippen molar-refractivity contribution >= 4 is 30.4 Å². The fourth-order valence-electron chi connectivity index (χ4n) is 4.11. The van der Waals surface area contributed by atoms with Crippen molar-refractivity contribution in [2.24, 2.45) is 0 Å². The predicted octanol–water partition coefficient (Wildman–Crippen LogP) is 8.77. The summed E-state index contributed by atoms with van der Waals surface area (Å²) < 4.78 is 22.7. The molecule has 0 heterocycles. The van der Waals surface area contributed by atoms with Gasteiger partial charge in [-0.2, -0.15) is 0 Å². The number of unbranched alkanes of at least 4 members (excludes halogenated alkanes) is 15. The van der Waals surface area contributed by atoms with Crippen molar-refractivity contribution in [3.63, 3.8) is 0 Å². The summed E-state index contributed by atoms with van der Waals surface area (Å²) in [5, 5.41) is 0. The number of hydrogen-bond donors (Lipinski definition) is 0. The fourth-order valence-corrected chi connectivity index (χ4v) is 5.20. The van der Waals surface area contributed by atoms with E-state index < -0.39 is 7.82 Å². The molecule has 0 aliphatic heterocycles. The molecule has 0 bridgehead atoms. The SMILES string of the molecule is C.CN(C)CCOP(=O)([O-])OCCCCCCCCCCCCCCCCCCc1ccc(I)cc1. The summed E-state index contributed by atoms with van der Waals surface area (Å²) in [5.74, 6) is 0. The molecular formula is C29H54INO4P-. The Labute approximate surface area is 236 Å². The van der Waals surface area contributed by atoms with Crippen LogP contribution in [0.1, 0.15) is 116 Å². The molecule has 0 amide bonds. The fraction of sp³-hybridized carbons (Fsp3) is 0.793. The van der Waals surface area contributed by atoms with E-state index >= 15 is 0 Å². The minimum atomic E-state index is -4.13. The van der Waals surface area contributed by atoms with Crippen LogP contribution >= 0.6 is 30.4 Å². The molecule has 1 atom stereocenters. The van der Waals surface area contributed by atoms with Gasteiger partial charge in [0.05, 0.1) is 13.2 Å². The highest BCUT2D eigenvalue weighted by Gasteiger charge is 2.08. The Balaban J connectivity index is 0.0000122. The van der Waals surface area contributed by atoms with E-state index in [2.05, 4.69) is 46.9 Å². The number of phosphoric ester groups is 1. The number of halogens is 1. The number of phosphoric acid groups is 1. The molecule has 212 valence electrons. The van der Waals surface area contributed by atoms with Crippen LogP contribution in [0.25, 0.3) is 0 Å². The number of rotatable bonds is 24. The van der Waals surface area contributed by atoms with Crippen molar-refractivity contribution in [3.05, 3.63) is 33.4 Å². The third kappa shape index (κ3) is 23.2. The topological polar surface area (TPSA) is 61.8 Å². The van der Waals surface area contributed by atoms with Crippen LogP contribution in [-0.2, 0) is 20.0 Å². The Hall–Kier alpha value is 0.0200. The number of nitrogens with zero attached hydrogens (tertiary/aromatic N) is 1. The zero-order chi connectivity index (χ0) is 25.6. The van der Waals surface area contributed by atoms with Crippen LogP contribution in [0.3, 0.4) is 0 Å². The maximum Gasteiger partial charge on any atom is 0.267 e. The van der Waals surface area contributed by atoms with Gasteiger partial charge in [0, 0.05) is 10.1 Å². The van der Waals surface area contributed by atoms with Gasteiger partial charge < -0.3 is 18.8 Å². The molecule has 1 rings (SSSR count). The summed E-state index contributed by atoms with van der Waals surface area (Å²) >= 11 is 2.36. The zero-order valence-electron chi connectivity index (χ0n) is 22.4. The van der Waals surface area contributed by atoms with E-state index in [1.54, 1.807) is 0 Å². The summed E-state index contributed by atoms with van der Waals surface area (Å²) in [6, 6.07) is 8.94. The van der Waals surface area contributed by atoms with Gasteiger partial charge in [0.2, 0.25) is 0 Å². The van der Waals surface area contributed by atoms with Crippen LogP contribution < -0.4 is 4.89 Å². The summed E-state index contributed by atoms with van der Waals surface area (Å²) in [5.41, 5.74) is 1.48. The van der Waals surface area contributed by atoms with Crippen molar-refractivity contribution in [2.75, 3.05) is 33.9 Å². The summed E-state index contributed by atoms with van der Waals surface area (Å²) in [6.45, 7) is 0.935. The van der Waals surface area contributed by atoms with Gasteiger partial charge in [0.25, 0.3) is 7.82 Å². The van der Waals surface area contributed by atoms with Gasteiger partial charge >= 0.3 is 0 Å². The first-order chi connectivity index (χ1) is 16.9. The van der Waals surface area contributed by atoms with Crippen molar-refractivity contribution in [2.45, 2.75) is 117 Å². The van der Waals surface area contributed by atoms with Gasteiger partial charge in [-0.1, -0.05) is 109 Å². The second-order valence-corrected chi connectivity index (χ2v) is 12.6. The molecule has 5 nitrogen and oxygen atoms in total. The molecule has 0 N–H and O–H groups in total. The van der Waals surface area contributed by atoms with Crippen LogP contribution in [0.4, 0.5) is 0 Å². The number of likely N-dealkylation sites (N-methyl/N-ethyl adjacent to an activating group) is 1. The number of aryl methyl sites for hydroxylation is 1. The molecule has 0 aliphatic carbocycles. The van der Waals surface area contributed by atoms with Crippen LogP contribution in [-0.4, -0.2) is 38.8 Å². The third-order valence-electron chi connectivity index (χ3n) is 6.31. The molecule has 7 heteroatoms. The van der Waals surface area contributed by atoms with Crippen LogP contribution in [0, 0.1) is 3.57 Å². The Bertz CT molecular complexity index is 657. The second kappa shape index (κ2) is 24.1. The molecule has 0 saturated heterocycles.